The maximum Gasteiger partial charge on any atom is 0.274 e. The average Bonchev–Trinajstić information content (AvgIpc) is 2.84. The van der Waals surface area contributed by atoms with Gasteiger partial charge in [-0.3, -0.25) is 9.78 Å². The Morgan fingerprint density at radius 1 is 1.53 bits per heavy atom. The first-order chi connectivity index (χ1) is 8.16. The van der Waals surface area contributed by atoms with E-state index in [1.165, 1.54) is 0 Å². The standard InChI is InChI=1S/C10H11N5O2/c1-6(8-4-3-5-17-8)12-14-10-11-9(16)7(2)13-15-10/h3-5H,1-2H3,(H2,11,14,15,16)/b12-6+. The lowest BCUT2D eigenvalue weighted by atomic mass is 10.3. The summed E-state index contributed by atoms with van der Waals surface area (Å²) in [5, 5.41) is 11.4. The zero-order valence-corrected chi connectivity index (χ0v) is 9.39. The molecule has 0 amide bonds. The summed E-state index contributed by atoms with van der Waals surface area (Å²) in [6.45, 7) is 3.35. The normalized spacial score (nSPS) is 11.5. The molecule has 2 aromatic rings. The first-order valence-corrected chi connectivity index (χ1v) is 4.94. The Bertz CT molecular complexity index is 585. The Morgan fingerprint density at radius 2 is 2.35 bits per heavy atom. The molecule has 7 heteroatoms. The van der Waals surface area contributed by atoms with E-state index in [0.29, 0.717) is 17.2 Å². The quantitative estimate of drug-likeness (QED) is 0.606. The number of aromatic amines is 1. The van der Waals surface area contributed by atoms with Gasteiger partial charge in [0, 0.05) is 0 Å². The van der Waals surface area contributed by atoms with Gasteiger partial charge in [-0.05, 0) is 26.0 Å². The Hall–Kier alpha value is -2.44. The molecule has 0 aromatic carbocycles. The zero-order valence-electron chi connectivity index (χ0n) is 9.39. The van der Waals surface area contributed by atoms with Crippen LogP contribution in [0.25, 0.3) is 0 Å². The van der Waals surface area contributed by atoms with Gasteiger partial charge in [-0.15, -0.1) is 10.2 Å². The Balaban J connectivity index is 2.14. The fourth-order valence-electron chi connectivity index (χ4n) is 1.12. The molecule has 17 heavy (non-hydrogen) atoms. The number of nitrogens with zero attached hydrogens (tertiary/aromatic N) is 3. The van der Waals surface area contributed by atoms with E-state index in [0.717, 1.165) is 0 Å². The van der Waals surface area contributed by atoms with Crippen LogP contribution in [0.2, 0.25) is 0 Å². The van der Waals surface area contributed by atoms with E-state index < -0.39 is 0 Å². The fourth-order valence-corrected chi connectivity index (χ4v) is 1.12. The number of hydrazone groups is 1. The molecule has 0 saturated heterocycles. The van der Waals surface area contributed by atoms with Crippen molar-refractivity contribution in [3.63, 3.8) is 0 Å². The molecule has 2 aromatic heterocycles. The van der Waals surface area contributed by atoms with Crippen molar-refractivity contribution in [2.24, 2.45) is 5.10 Å². The third-order valence-corrected chi connectivity index (χ3v) is 2.07. The molecular formula is C10H11N5O2. The second-order valence-electron chi connectivity index (χ2n) is 3.37. The highest BCUT2D eigenvalue weighted by Crippen LogP contribution is 2.02. The van der Waals surface area contributed by atoms with Crippen molar-refractivity contribution in [3.8, 4) is 0 Å². The molecule has 0 radical (unpaired) electrons. The van der Waals surface area contributed by atoms with Gasteiger partial charge in [0.1, 0.15) is 17.2 Å². The molecule has 0 aliphatic rings. The molecule has 0 fully saturated rings. The van der Waals surface area contributed by atoms with Gasteiger partial charge < -0.3 is 4.42 Å². The van der Waals surface area contributed by atoms with Crippen molar-refractivity contribution in [1.82, 2.24) is 15.2 Å². The van der Waals surface area contributed by atoms with Crippen LogP contribution in [0.3, 0.4) is 0 Å². The SMILES string of the molecule is C/C(=N\Nc1nnc(C)c(=O)[nH]1)c1ccco1. The molecule has 2 N–H and O–H groups in total. The summed E-state index contributed by atoms with van der Waals surface area (Å²) >= 11 is 0. The number of furan rings is 1. The summed E-state index contributed by atoms with van der Waals surface area (Å²) in [4.78, 5) is 13.7. The molecule has 0 aliphatic carbocycles. The summed E-state index contributed by atoms with van der Waals surface area (Å²) in [6.07, 6.45) is 1.56. The van der Waals surface area contributed by atoms with E-state index in [1.54, 1.807) is 32.2 Å². The number of anilines is 1. The highest BCUT2D eigenvalue weighted by Gasteiger charge is 2.01. The van der Waals surface area contributed by atoms with E-state index in [4.69, 9.17) is 4.42 Å². The maximum absolute atomic E-state index is 11.2. The Kier molecular flexibility index (Phi) is 2.99. The molecule has 88 valence electrons. The van der Waals surface area contributed by atoms with Gasteiger partial charge in [-0.1, -0.05) is 0 Å². The summed E-state index contributed by atoms with van der Waals surface area (Å²) < 4.78 is 5.15. The lowest BCUT2D eigenvalue weighted by Crippen LogP contribution is -2.15. The smallest absolute Gasteiger partial charge is 0.274 e. The molecular weight excluding hydrogens is 222 g/mol. The van der Waals surface area contributed by atoms with Gasteiger partial charge in [0.15, 0.2) is 0 Å². The van der Waals surface area contributed by atoms with Crippen LogP contribution in [-0.2, 0) is 0 Å². The van der Waals surface area contributed by atoms with Crippen molar-refractivity contribution in [2.75, 3.05) is 5.43 Å². The Morgan fingerprint density at radius 3 is 3.00 bits per heavy atom. The molecule has 0 spiro atoms. The number of aromatic nitrogens is 3. The van der Waals surface area contributed by atoms with E-state index in [2.05, 4.69) is 25.7 Å². The molecule has 2 heterocycles. The lowest BCUT2D eigenvalue weighted by molar-refractivity contribution is 0.557. The predicted octanol–water partition coefficient (Wildman–Crippen LogP) is 0.902. The zero-order chi connectivity index (χ0) is 12.3. The van der Waals surface area contributed by atoms with Crippen LogP contribution in [0.4, 0.5) is 5.95 Å². The molecule has 0 saturated carbocycles. The maximum atomic E-state index is 11.2. The summed E-state index contributed by atoms with van der Waals surface area (Å²) in [6, 6.07) is 3.55. The van der Waals surface area contributed by atoms with Crippen LogP contribution in [0.1, 0.15) is 18.4 Å². The summed E-state index contributed by atoms with van der Waals surface area (Å²) in [7, 11) is 0. The van der Waals surface area contributed by atoms with Gasteiger partial charge in [-0.2, -0.15) is 5.10 Å². The molecule has 0 unspecified atom stereocenters. The number of hydrogen-bond donors (Lipinski definition) is 2. The van der Waals surface area contributed by atoms with Crippen molar-refractivity contribution >= 4 is 11.7 Å². The van der Waals surface area contributed by atoms with Crippen LogP contribution in [0.5, 0.6) is 0 Å². The number of H-pyrrole nitrogens is 1. The van der Waals surface area contributed by atoms with E-state index >= 15 is 0 Å². The molecule has 0 bridgehead atoms. The molecule has 2 rings (SSSR count). The van der Waals surface area contributed by atoms with Gasteiger partial charge in [-0.25, -0.2) is 5.43 Å². The van der Waals surface area contributed by atoms with E-state index in [-0.39, 0.29) is 11.5 Å². The van der Waals surface area contributed by atoms with E-state index in [9.17, 15) is 4.79 Å². The fraction of sp³-hybridized carbons (Fsp3) is 0.200. The van der Waals surface area contributed by atoms with Crippen LogP contribution < -0.4 is 11.0 Å². The van der Waals surface area contributed by atoms with Crippen LogP contribution >= 0.6 is 0 Å². The second-order valence-corrected chi connectivity index (χ2v) is 3.37. The molecule has 7 nitrogen and oxygen atoms in total. The Labute approximate surface area is 96.6 Å². The average molecular weight is 233 g/mol. The summed E-state index contributed by atoms with van der Waals surface area (Å²) in [5.41, 5.74) is 3.25. The first kappa shape index (κ1) is 11.1. The second kappa shape index (κ2) is 4.60. The van der Waals surface area contributed by atoms with Gasteiger partial charge >= 0.3 is 0 Å². The summed E-state index contributed by atoms with van der Waals surface area (Å²) in [5.74, 6) is 0.825. The third-order valence-electron chi connectivity index (χ3n) is 2.07. The van der Waals surface area contributed by atoms with Gasteiger partial charge in [0.2, 0.25) is 5.95 Å². The minimum Gasteiger partial charge on any atom is -0.463 e. The van der Waals surface area contributed by atoms with Crippen molar-refractivity contribution in [1.29, 1.82) is 0 Å². The minimum atomic E-state index is -0.298. The number of aryl methyl sites for hydroxylation is 1. The molecule has 0 atom stereocenters. The number of hydrogen-bond acceptors (Lipinski definition) is 6. The van der Waals surface area contributed by atoms with Gasteiger partial charge in [0.05, 0.1) is 6.26 Å². The topological polar surface area (TPSA) is 96.2 Å². The highest BCUT2D eigenvalue weighted by atomic mass is 16.3. The number of nitrogens with one attached hydrogen (secondary N) is 2. The van der Waals surface area contributed by atoms with Crippen molar-refractivity contribution in [3.05, 3.63) is 40.2 Å². The van der Waals surface area contributed by atoms with Crippen LogP contribution in [0, 0.1) is 6.92 Å². The predicted molar refractivity (Wildman–Crippen MR) is 61.9 cm³/mol. The van der Waals surface area contributed by atoms with Crippen molar-refractivity contribution in [2.45, 2.75) is 13.8 Å². The van der Waals surface area contributed by atoms with Crippen LogP contribution in [0.15, 0.2) is 32.7 Å². The highest BCUT2D eigenvalue weighted by molar-refractivity contribution is 5.96. The van der Waals surface area contributed by atoms with Crippen LogP contribution in [-0.4, -0.2) is 20.9 Å². The van der Waals surface area contributed by atoms with Gasteiger partial charge in [0.25, 0.3) is 5.56 Å². The lowest BCUT2D eigenvalue weighted by Gasteiger charge is -1.99. The van der Waals surface area contributed by atoms with E-state index in [1.807, 2.05) is 0 Å². The minimum absolute atomic E-state index is 0.187. The monoisotopic (exact) mass is 233 g/mol. The number of rotatable bonds is 3. The first-order valence-electron chi connectivity index (χ1n) is 4.94. The third kappa shape index (κ3) is 2.57. The largest absolute Gasteiger partial charge is 0.463 e. The van der Waals surface area contributed by atoms with Crippen molar-refractivity contribution < 1.29 is 4.42 Å². The molecule has 0 aliphatic heterocycles.